The summed E-state index contributed by atoms with van der Waals surface area (Å²) in [6.07, 6.45) is 6.39. The van der Waals surface area contributed by atoms with Gasteiger partial charge in [0.05, 0.1) is 16.9 Å². The first kappa shape index (κ1) is 12.1. The van der Waals surface area contributed by atoms with Crippen LogP contribution in [0.1, 0.15) is 18.9 Å². The zero-order valence-electron chi connectivity index (χ0n) is 9.85. The quantitative estimate of drug-likeness (QED) is 0.866. The highest BCUT2D eigenvalue weighted by molar-refractivity contribution is 9.10. The Bertz CT molecular complexity index is 510. The molecule has 17 heavy (non-hydrogen) atoms. The molecule has 0 aliphatic rings. The van der Waals surface area contributed by atoms with E-state index >= 15 is 0 Å². The zero-order valence-corrected chi connectivity index (χ0v) is 11.4. The maximum atomic E-state index is 5.65. The van der Waals surface area contributed by atoms with Crippen LogP contribution in [-0.4, -0.2) is 14.8 Å². The number of nitrogens with zero attached hydrogens (tertiary/aromatic N) is 3. The average Bonchev–Trinajstić information content (AvgIpc) is 2.71. The summed E-state index contributed by atoms with van der Waals surface area (Å²) in [5.41, 5.74) is 1.09. The maximum Gasteiger partial charge on any atom is 0.233 e. The molecule has 0 unspecified atom stereocenters. The molecule has 0 aliphatic carbocycles. The molecule has 90 valence electrons. The number of aryl methyl sites for hydroxylation is 2. The van der Waals surface area contributed by atoms with Gasteiger partial charge in [-0.2, -0.15) is 5.10 Å². The summed E-state index contributed by atoms with van der Waals surface area (Å²) in [7, 11) is 0. The minimum Gasteiger partial charge on any atom is -0.435 e. The summed E-state index contributed by atoms with van der Waals surface area (Å²) in [6.45, 7) is 4.99. The molecule has 2 rings (SSSR count). The molecule has 0 fully saturated rings. The topological polar surface area (TPSA) is 39.9 Å². The van der Waals surface area contributed by atoms with E-state index in [0.29, 0.717) is 11.6 Å². The van der Waals surface area contributed by atoms with Gasteiger partial charge in [-0.3, -0.25) is 4.68 Å². The molecule has 2 heterocycles. The van der Waals surface area contributed by atoms with Gasteiger partial charge in [0.25, 0.3) is 0 Å². The number of aromatic nitrogens is 3. The van der Waals surface area contributed by atoms with Crippen molar-refractivity contribution < 1.29 is 4.74 Å². The van der Waals surface area contributed by atoms with Crippen molar-refractivity contribution >= 4 is 15.9 Å². The predicted octanol–water partition coefficient (Wildman–Crippen LogP) is 3.55. The molecule has 4 nitrogen and oxygen atoms in total. The van der Waals surface area contributed by atoms with Crippen LogP contribution in [0.3, 0.4) is 0 Å². The van der Waals surface area contributed by atoms with Crippen LogP contribution in [0.5, 0.6) is 11.6 Å². The van der Waals surface area contributed by atoms with E-state index in [-0.39, 0.29) is 0 Å². The van der Waals surface area contributed by atoms with Crippen LogP contribution in [-0.2, 0) is 6.54 Å². The number of halogens is 1. The standard InChI is InChI=1S/C12H14BrN3O/c1-3-4-16-8-10(7-15-16)17-12-11(13)5-9(2)6-14-12/h5-8H,3-4H2,1-2H3. The molecule has 0 aromatic carbocycles. The van der Waals surface area contributed by atoms with Gasteiger partial charge in [0.2, 0.25) is 5.88 Å². The van der Waals surface area contributed by atoms with Crippen LogP contribution in [0.15, 0.2) is 29.1 Å². The fraction of sp³-hybridized carbons (Fsp3) is 0.333. The monoisotopic (exact) mass is 295 g/mol. The maximum absolute atomic E-state index is 5.65. The highest BCUT2D eigenvalue weighted by atomic mass is 79.9. The van der Waals surface area contributed by atoms with Crippen molar-refractivity contribution in [1.82, 2.24) is 14.8 Å². The van der Waals surface area contributed by atoms with Crippen molar-refractivity contribution in [2.24, 2.45) is 0 Å². The van der Waals surface area contributed by atoms with Gasteiger partial charge in [-0.05, 0) is 40.9 Å². The molecule has 0 saturated heterocycles. The summed E-state index contributed by atoms with van der Waals surface area (Å²) in [6, 6.07) is 1.97. The lowest BCUT2D eigenvalue weighted by molar-refractivity contribution is 0.458. The number of pyridine rings is 1. The van der Waals surface area contributed by atoms with Gasteiger partial charge >= 0.3 is 0 Å². The fourth-order valence-electron chi connectivity index (χ4n) is 1.46. The number of rotatable bonds is 4. The van der Waals surface area contributed by atoms with Crippen LogP contribution < -0.4 is 4.74 Å². The second kappa shape index (κ2) is 5.31. The lowest BCUT2D eigenvalue weighted by atomic mass is 10.3. The van der Waals surface area contributed by atoms with Crippen molar-refractivity contribution in [1.29, 1.82) is 0 Å². The number of ether oxygens (including phenoxy) is 1. The molecule has 5 heteroatoms. The van der Waals surface area contributed by atoms with Crippen LogP contribution in [0.25, 0.3) is 0 Å². The molecule has 0 radical (unpaired) electrons. The summed E-state index contributed by atoms with van der Waals surface area (Å²) >= 11 is 3.43. The van der Waals surface area contributed by atoms with E-state index in [1.54, 1.807) is 12.4 Å². The smallest absolute Gasteiger partial charge is 0.233 e. The highest BCUT2D eigenvalue weighted by Gasteiger charge is 2.06. The molecule has 0 aliphatic heterocycles. The largest absolute Gasteiger partial charge is 0.435 e. The predicted molar refractivity (Wildman–Crippen MR) is 69.3 cm³/mol. The highest BCUT2D eigenvalue weighted by Crippen LogP contribution is 2.27. The molecule has 0 bridgehead atoms. The number of hydrogen-bond donors (Lipinski definition) is 0. The summed E-state index contributed by atoms with van der Waals surface area (Å²) in [5, 5.41) is 4.20. The van der Waals surface area contributed by atoms with Crippen molar-refractivity contribution in [2.45, 2.75) is 26.8 Å². The Hall–Kier alpha value is -1.36. The van der Waals surface area contributed by atoms with Gasteiger partial charge < -0.3 is 4.74 Å². The first-order valence-corrected chi connectivity index (χ1v) is 6.31. The normalized spacial score (nSPS) is 10.5. The third kappa shape index (κ3) is 3.06. The van der Waals surface area contributed by atoms with E-state index < -0.39 is 0 Å². The fourth-order valence-corrected chi connectivity index (χ4v) is 2.00. The summed E-state index contributed by atoms with van der Waals surface area (Å²) < 4.78 is 8.36. The molecule has 0 saturated carbocycles. The van der Waals surface area contributed by atoms with Gasteiger partial charge in [-0.1, -0.05) is 6.92 Å². The average molecular weight is 296 g/mol. The van der Waals surface area contributed by atoms with E-state index in [0.717, 1.165) is 23.0 Å². The molecule has 0 amide bonds. The van der Waals surface area contributed by atoms with E-state index in [9.17, 15) is 0 Å². The Balaban J connectivity index is 2.13. The number of hydrogen-bond acceptors (Lipinski definition) is 3. The first-order valence-electron chi connectivity index (χ1n) is 5.51. The third-order valence-corrected chi connectivity index (χ3v) is 2.79. The second-order valence-electron chi connectivity index (χ2n) is 3.84. The minimum absolute atomic E-state index is 0.562. The van der Waals surface area contributed by atoms with Gasteiger partial charge in [-0.25, -0.2) is 4.98 Å². The molecule has 0 atom stereocenters. The Kier molecular flexibility index (Phi) is 3.78. The summed E-state index contributed by atoms with van der Waals surface area (Å²) in [5.74, 6) is 1.27. The van der Waals surface area contributed by atoms with E-state index in [1.807, 2.05) is 23.9 Å². The Labute approximate surface area is 109 Å². The van der Waals surface area contributed by atoms with Gasteiger partial charge in [0, 0.05) is 12.7 Å². The zero-order chi connectivity index (χ0) is 12.3. The van der Waals surface area contributed by atoms with Crippen LogP contribution in [0, 0.1) is 6.92 Å². The Morgan fingerprint density at radius 3 is 2.94 bits per heavy atom. The minimum atomic E-state index is 0.562. The molecule has 2 aromatic heterocycles. The van der Waals surface area contributed by atoms with Crippen LogP contribution in [0.4, 0.5) is 0 Å². The molecule has 0 spiro atoms. The van der Waals surface area contributed by atoms with E-state index in [2.05, 4.69) is 32.9 Å². The van der Waals surface area contributed by atoms with E-state index in [4.69, 9.17) is 4.74 Å². The SMILES string of the molecule is CCCn1cc(Oc2ncc(C)cc2Br)cn1. The van der Waals surface area contributed by atoms with Gasteiger partial charge in [-0.15, -0.1) is 0 Å². The van der Waals surface area contributed by atoms with E-state index in [1.165, 1.54) is 0 Å². The lowest BCUT2D eigenvalue weighted by Crippen LogP contribution is -1.95. The first-order chi connectivity index (χ1) is 8.19. The van der Waals surface area contributed by atoms with Crippen molar-refractivity contribution in [2.75, 3.05) is 0 Å². The van der Waals surface area contributed by atoms with Crippen LogP contribution >= 0.6 is 15.9 Å². The van der Waals surface area contributed by atoms with Crippen LogP contribution in [0.2, 0.25) is 0 Å². The second-order valence-corrected chi connectivity index (χ2v) is 4.70. The lowest BCUT2D eigenvalue weighted by Gasteiger charge is -2.04. The third-order valence-electron chi connectivity index (χ3n) is 2.22. The van der Waals surface area contributed by atoms with Crippen molar-refractivity contribution in [3.8, 4) is 11.6 Å². The summed E-state index contributed by atoms with van der Waals surface area (Å²) in [4.78, 5) is 4.22. The molecule has 0 N–H and O–H groups in total. The van der Waals surface area contributed by atoms with Crippen molar-refractivity contribution in [3.05, 3.63) is 34.7 Å². The Morgan fingerprint density at radius 1 is 1.41 bits per heavy atom. The van der Waals surface area contributed by atoms with Gasteiger partial charge in [0.15, 0.2) is 5.75 Å². The molecule has 2 aromatic rings. The Morgan fingerprint density at radius 2 is 2.24 bits per heavy atom. The molecular formula is C12H14BrN3O. The van der Waals surface area contributed by atoms with Gasteiger partial charge in [0.1, 0.15) is 0 Å². The molecular weight excluding hydrogens is 282 g/mol. The van der Waals surface area contributed by atoms with Crippen molar-refractivity contribution in [3.63, 3.8) is 0 Å².